The SMILES string of the molecule is Cc1ccc(CNc2cc(Cl)ccc2C)cc1Br. The molecule has 0 aliphatic rings. The Kier molecular flexibility index (Phi) is 4.31. The zero-order valence-electron chi connectivity index (χ0n) is 10.4. The van der Waals surface area contributed by atoms with Crippen LogP contribution in [0.25, 0.3) is 0 Å². The summed E-state index contributed by atoms with van der Waals surface area (Å²) in [5, 5.41) is 4.17. The fourth-order valence-corrected chi connectivity index (χ4v) is 2.33. The van der Waals surface area contributed by atoms with Gasteiger partial charge in [-0.2, -0.15) is 0 Å². The molecule has 3 heteroatoms. The molecule has 0 aliphatic carbocycles. The Bertz CT molecular complexity index is 566. The molecule has 0 spiro atoms. The summed E-state index contributed by atoms with van der Waals surface area (Å²) in [5.41, 5.74) is 4.77. The van der Waals surface area contributed by atoms with Gasteiger partial charge in [0.2, 0.25) is 0 Å². The van der Waals surface area contributed by atoms with Crippen molar-refractivity contribution in [1.82, 2.24) is 0 Å². The van der Waals surface area contributed by atoms with Crippen LogP contribution in [0, 0.1) is 13.8 Å². The van der Waals surface area contributed by atoms with Crippen LogP contribution < -0.4 is 5.32 Å². The van der Waals surface area contributed by atoms with Crippen molar-refractivity contribution in [2.24, 2.45) is 0 Å². The average Bonchev–Trinajstić information content (AvgIpc) is 2.34. The molecule has 2 aromatic carbocycles. The molecule has 0 aromatic heterocycles. The highest BCUT2D eigenvalue weighted by Crippen LogP contribution is 2.22. The molecule has 94 valence electrons. The summed E-state index contributed by atoms with van der Waals surface area (Å²) < 4.78 is 1.14. The van der Waals surface area contributed by atoms with Gasteiger partial charge in [0.05, 0.1) is 0 Å². The van der Waals surface area contributed by atoms with E-state index < -0.39 is 0 Å². The van der Waals surface area contributed by atoms with E-state index in [0.29, 0.717) is 0 Å². The van der Waals surface area contributed by atoms with Crippen molar-refractivity contribution in [3.05, 3.63) is 62.6 Å². The third-order valence-corrected chi connectivity index (χ3v) is 4.01. The fraction of sp³-hybridized carbons (Fsp3) is 0.200. The van der Waals surface area contributed by atoms with E-state index in [2.05, 4.69) is 53.3 Å². The minimum Gasteiger partial charge on any atom is -0.381 e. The Morgan fingerprint density at radius 1 is 1.06 bits per heavy atom. The lowest BCUT2D eigenvalue weighted by molar-refractivity contribution is 1.13. The van der Waals surface area contributed by atoms with Crippen LogP contribution >= 0.6 is 27.5 Å². The van der Waals surface area contributed by atoms with E-state index in [-0.39, 0.29) is 0 Å². The minimum absolute atomic E-state index is 0.758. The molecular weight excluding hydrogens is 310 g/mol. The summed E-state index contributed by atoms with van der Waals surface area (Å²) >= 11 is 9.55. The molecule has 0 saturated heterocycles. The second kappa shape index (κ2) is 5.77. The third-order valence-electron chi connectivity index (χ3n) is 2.92. The van der Waals surface area contributed by atoms with E-state index in [1.165, 1.54) is 16.7 Å². The molecule has 0 atom stereocenters. The van der Waals surface area contributed by atoms with Crippen molar-refractivity contribution < 1.29 is 0 Å². The predicted molar refractivity (Wildman–Crippen MR) is 82.4 cm³/mol. The van der Waals surface area contributed by atoms with Gasteiger partial charge in [-0.3, -0.25) is 0 Å². The molecule has 0 fully saturated rings. The van der Waals surface area contributed by atoms with Gasteiger partial charge in [0.15, 0.2) is 0 Å². The standard InChI is InChI=1S/C15H15BrClN/c1-10-3-5-12(7-14(10)16)9-18-15-8-13(17)6-4-11(15)2/h3-8,18H,9H2,1-2H3. The van der Waals surface area contributed by atoms with Crippen LogP contribution in [0.1, 0.15) is 16.7 Å². The maximum atomic E-state index is 6.00. The first-order chi connectivity index (χ1) is 8.56. The number of benzene rings is 2. The Hall–Kier alpha value is -0.990. The zero-order valence-corrected chi connectivity index (χ0v) is 12.8. The fourth-order valence-electron chi connectivity index (χ4n) is 1.73. The maximum absolute atomic E-state index is 6.00. The first kappa shape index (κ1) is 13.4. The number of hydrogen-bond acceptors (Lipinski definition) is 1. The molecule has 2 rings (SSSR count). The zero-order chi connectivity index (χ0) is 13.1. The highest BCUT2D eigenvalue weighted by atomic mass is 79.9. The summed E-state index contributed by atoms with van der Waals surface area (Å²) in [4.78, 5) is 0. The highest BCUT2D eigenvalue weighted by molar-refractivity contribution is 9.10. The van der Waals surface area contributed by atoms with E-state index in [4.69, 9.17) is 11.6 Å². The Balaban J connectivity index is 2.11. The van der Waals surface area contributed by atoms with Crippen molar-refractivity contribution in [1.29, 1.82) is 0 Å². The molecule has 0 unspecified atom stereocenters. The number of halogens is 2. The van der Waals surface area contributed by atoms with Crippen LogP contribution in [-0.4, -0.2) is 0 Å². The number of aryl methyl sites for hydroxylation is 2. The maximum Gasteiger partial charge on any atom is 0.0426 e. The normalized spacial score (nSPS) is 10.4. The Morgan fingerprint density at radius 3 is 2.50 bits per heavy atom. The molecule has 1 N–H and O–H groups in total. The van der Waals surface area contributed by atoms with Gasteiger partial charge >= 0.3 is 0 Å². The van der Waals surface area contributed by atoms with Crippen molar-refractivity contribution in [2.45, 2.75) is 20.4 Å². The van der Waals surface area contributed by atoms with Crippen molar-refractivity contribution in [3.63, 3.8) is 0 Å². The molecule has 0 saturated carbocycles. The Morgan fingerprint density at radius 2 is 1.78 bits per heavy atom. The van der Waals surface area contributed by atoms with E-state index in [0.717, 1.165) is 21.7 Å². The lowest BCUT2D eigenvalue weighted by Crippen LogP contribution is -2.01. The first-order valence-corrected chi connectivity index (χ1v) is 6.98. The van der Waals surface area contributed by atoms with Crippen molar-refractivity contribution >= 4 is 33.2 Å². The molecule has 2 aromatic rings. The number of hydrogen-bond donors (Lipinski definition) is 1. The highest BCUT2D eigenvalue weighted by Gasteiger charge is 2.01. The van der Waals surface area contributed by atoms with Gasteiger partial charge in [-0.05, 0) is 48.7 Å². The topological polar surface area (TPSA) is 12.0 Å². The monoisotopic (exact) mass is 323 g/mol. The van der Waals surface area contributed by atoms with Crippen LogP contribution in [0.15, 0.2) is 40.9 Å². The average molecular weight is 325 g/mol. The minimum atomic E-state index is 0.758. The van der Waals surface area contributed by atoms with Gasteiger partial charge in [-0.15, -0.1) is 0 Å². The first-order valence-electron chi connectivity index (χ1n) is 5.81. The molecule has 0 bridgehead atoms. The Labute approximate surface area is 121 Å². The van der Waals surface area contributed by atoms with Crippen LogP contribution in [0.3, 0.4) is 0 Å². The lowest BCUT2D eigenvalue weighted by atomic mass is 10.1. The second-order valence-electron chi connectivity index (χ2n) is 4.40. The quantitative estimate of drug-likeness (QED) is 0.804. The molecule has 0 amide bonds. The van der Waals surface area contributed by atoms with Crippen LogP contribution in [-0.2, 0) is 6.54 Å². The molecule has 1 nitrogen and oxygen atoms in total. The largest absolute Gasteiger partial charge is 0.381 e. The molecule has 0 aliphatic heterocycles. The number of anilines is 1. The predicted octanol–water partition coefficient (Wildman–Crippen LogP) is 5.33. The number of nitrogens with one attached hydrogen (secondary N) is 1. The summed E-state index contributed by atoms with van der Waals surface area (Å²) in [7, 11) is 0. The molecular formula is C15H15BrClN. The third kappa shape index (κ3) is 3.27. The molecule has 18 heavy (non-hydrogen) atoms. The van der Waals surface area contributed by atoms with Gasteiger partial charge in [-0.25, -0.2) is 0 Å². The van der Waals surface area contributed by atoms with Gasteiger partial charge in [0.25, 0.3) is 0 Å². The lowest BCUT2D eigenvalue weighted by Gasteiger charge is -2.11. The van der Waals surface area contributed by atoms with E-state index in [9.17, 15) is 0 Å². The summed E-state index contributed by atoms with van der Waals surface area (Å²) in [5.74, 6) is 0. The summed E-state index contributed by atoms with van der Waals surface area (Å²) in [6, 6.07) is 12.3. The van der Waals surface area contributed by atoms with Crippen LogP contribution in [0.5, 0.6) is 0 Å². The number of rotatable bonds is 3. The van der Waals surface area contributed by atoms with E-state index in [1.54, 1.807) is 0 Å². The summed E-state index contributed by atoms with van der Waals surface area (Å²) in [6.45, 7) is 4.95. The van der Waals surface area contributed by atoms with Crippen LogP contribution in [0.4, 0.5) is 5.69 Å². The van der Waals surface area contributed by atoms with E-state index >= 15 is 0 Å². The van der Waals surface area contributed by atoms with Gasteiger partial charge in [0.1, 0.15) is 0 Å². The molecule has 0 radical (unpaired) electrons. The summed E-state index contributed by atoms with van der Waals surface area (Å²) in [6.07, 6.45) is 0. The van der Waals surface area contributed by atoms with E-state index in [1.807, 2.05) is 18.2 Å². The second-order valence-corrected chi connectivity index (χ2v) is 5.69. The smallest absolute Gasteiger partial charge is 0.0426 e. The van der Waals surface area contributed by atoms with Gasteiger partial charge < -0.3 is 5.32 Å². The van der Waals surface area contributed by atoms with Crippen molar-refractivity contribution in [2.75, 3.05) is 5.32 Å². The van der Waals surface area contributed by atoms with Crippen LogP contribution in [0.2, 0.25) is 5.02 Å². The van der Waals surface area contributed by atoms with Gasteiger partial charge in [-0.1, -0.05) is 45.7 Å². The molecule has 0 heterocycles. The van der Waals surface area contributed by atoms with Crippen molar-refractivity contribution in [3.8, 4) is 0 Å². The van der Waals surface area contributed by atoms with Gasteiger partial charge in [0, 0.05) is 21.7 Å².